The Labute approximate surface area is 107 Å². The number of ether oxygens (including phenoxy) is 1. The van der Waals surface area contributed by atoms with Gasteiger partial charge < -0.3 is 4.74 Å². The topological polar surface area (TPSA) is 36.3 Å². The smallest absolute Gasteiger partial charge is 0.0683 e. The molecule has 3 nitrogen and oxygen atoms in total. The molecule has 3 heteroatoms. The van der Waals surface area contributed by atoms with Crippen LogP contribution in [-0.2, 0) is 4.74 Å². The summed E-state index contributed by atoms with van der Waals surface area (Å²) < 4.78 is 5.18. The lowest BCUT2D eigenvalue weighted by molar-refractivity contribution is 0.101. The van der Waals surface area contributed by atoms with E-state index in [9.17, 15) is 0 Å². The molecule has 0 aromatic carbocycles. The minimum atomic E-state index is -0.171. The molecule has 0 saturated carbocycles. The van der Waals surface area contributed by atoms with E-state index in [0.717, 1.165) is 39.0 Å². The van der Waals surface area contributed by atoms with Gasteiger partial charge in [-0.3, -0.25) is 4.90 Å². The van der Waals surface area contributed by atoms with Gasteiger partial charge in [-0.05, 0) is 46.7 Å². The van der Waals surface area contributed by atoms with E-state index in [1.54, 1.807) is 7.11 Å². The van der Waals surface area contributed by atoms with Crippen molar-refractivity contribution in [3.8, 4) is 6.07 Å². The number of likely N-dealkylation sites (N-methyl/N-ethyl adjacent to an activating group) is 1. The standard InChI is InChI=1S/C14H28N2O/c1-6-16(13(2)11-17-5)10-8-7-9-14(3,4)12-15/h13H,6-11H2,1-5H3. The minimum Gasteiger partial charge on any atom is -0.383 e. The molecular weight excluding hydrogens is 212 g/mol. The highest BCUT2D eigenvalue weighted by atomic mass is 16.5. The number of unbranched alkanes of at least 4 members (excludes halogenated alkanes) is 1. The second-order valence-electron chi connectivity index (χ2n) is 5.39. The molecule has 0 aliphatic rings. The molecule has 0 heterocycles. The van der Waals surface area contributed by atoms with Gasteiger partial charge in [0.1, 0.15) is 0 Å². The number of nitrogens with zero attached hydrogens (tertiary/aromatic N) is 2. The molecule has 0 bridgehead atoms. The Kier molecular flexibility index (Phi) is 8.20. The molecule has 17 heavy (non-hydrogen) atoms. The maximum absolute atomic E-state index is 8.93. The maximum Gasteiger partial charge on any atom is 0.0683 e. The SMILES string of the molecule is CCN(CCCCC(C)(C)C#N)C(C)COC. The summed E-state index contributed by atoms with van der Waals surface area (Å²) in [6.07, 6.45) is 3.27. The summed E-state index contributed by atoms with van der Waals surface area (Å²) in [5.74, 6) is 0. The zero-order valence-corrected chi connectivity index (χ0v) is 12.1. The molecule has 0 fully saturated rings. The molecule has 0 spiro atoms. The Hall–Kier alpha value is -0.590. The highest BCUT2D eigenvalue weighted by molar-refractivity contribution is 4.91. The first-order valence-corrected chi connectivity index (χ1v) is 6.61. The van der Waals surface area contributed by atoms with Crippen LogP contribution in [0.5, 0.6) is 0 Å². The van der Waals surface area contributed by atoms with E-state index in [4.69, 9.17) is 10.00 Å². The van der Waals surface area contributed by atoms with Crippen LogP contribution in [-0.4, -0.2) is 37.7 Å². The minimum absolute atomic E-state index is 0.171. The fourth-order valence-corrected chi connectivity index (χ4v) is 1.97. The van der Waals surface area contributed by atoms with Gasteiger partial charge in [-0.2, -0.15) is 5.26 Å². The van der Waals surface area contributed by atoms with E-state index in [0.29, 0.717) is 6.04 Å². The second-order valence-corrected chi connectivity index (χ2v) is 5.39. The van der Waals surface area contributed by atoms with Crippen LogP contribution >= 0.6 is 0 Å². The first-order chi connectivity index (χ1) is 7.96. The quantitative estimate of drug-likeness (QED) is 0.581. The van der Waals surface area contributed by atoms with Crippen LogP contribution in [0, 0.1) is 16.7 Å². The molecule has 0 saturated heterocycles. The highest BCUT2D eigenvalue weighted by Gasteiger charge is 2.16. The van der Waals surface area contributed by atoms with E-state index in [2.05, 4.69) is 24.8 Å². The first-order valence-electron chi connectivity index (χ1n) is 6.61. The third-order valence-electron chi connectivity index (χ3n) is 3.24. The van der Waals surface area contributed by atoms with Gasteiger partial charge in [0.05, 0.1) is 18.1 Å². The van der Waals surface area contributed by atoms with E-state index in [-0.39, 0.29) is 5.41 Å². The van der Waals surface area contributed by atoms with E-state index in [1.165, 1.54) is 0 Å². The van der Waals surface area contributed by atoms with Gasteiger partial charge in [0, 0.05) is 13.2 Å². The molecule has 1 unspecified atom stereocenters. The Balaban J connectivity index is 3.82. The lowest BCUT2D eigenvalue weighted by Gasteiger charge is -2.27. The van der Waals surface area contributed by atoms with Gasteiger partial charge in [-0.25, -0.2) is 0 Å². The molecular formula is C14H28N2O. The molecule has 0 aromatic heterocycles. The van der Waals surface area contributed by atoms with Crippen molar-refractivity contribution in [2.24, 2.45) is 5.41 Å². The monoisotopic (exact) mass is 240 g/mol. The van der Waals surface area contributed by atoms with E-state index in [1.807, 2.05) is 13.8 Å². The van der Waals surface area contributed by atoms with Gasteiger partial charge in [-0.1, -0.05) is 13.3 Å². The molecule has 0 radical (unpaired) electrons. The molecule has 0 aromatic rings. The molecule has 100 valence electrons. The van der Waals surface area contributed by atoms with Crippen LogP contribution in [0.4, 0.5) is 0 Å². The predicted molar refractivity (Wildman–Crippen MR) is 71.8 cm³/mol. The van der Waals surface area contributed by atoms with E-state index < -0.39 is 0 Å². The highest BCUT2D eigenvalue weighted by Crippen LogP contribution is 2.21. The summed E-state index contributed by atoms with van der Waals surface area (Å²) in [6.45, 7) is 11.4. The number of nitriles is 1. The summed E-state index contributed by atoms with van der Waals surface area (Å²) in [5, 5.41) is 8.93. The molecule has 0 N–H and O–H groups in total. The number of hydrogen-bond donors (Lipinski definition) is 0. The summed E-state index contributed by atoms with van der Waals surface area (Å²) in [6, 6.07) is 2.83. The van der Waals surface area contributed by atoms with Crippen LogP contribution < -0.4 is 0 Å². The molecule has 0 amide bonds. The van der Waals surface area contributed by atoms with Crippen molar-refractivity contribution in [2.75, 3.05) is 26.8 Å². The van der Waals surface area contributed by atoms with Crippen LogP contribution in [0.3, 0.4) is 0 Å². The van der Waals surface area contributed by atoms with Crippen LogP contribution in [0.1, 0.15) is 47.0 Å². The second kappa shape index (κ2) is 8.49. The van der Waals surface area contributed by atoms with Gasteiger partial charge >= 0.3 is 0 Å². The lowest BCUT2D eigenvalue weighted by Crippen LogP contribution is -2.36. The lowest BCUT2D eigenvalue weighted by atomic mass is 9.89. The number of hydrogen-bond acceptors (Lipinski definition) is 3. The Morgan fingerprint density at radius 3 is 2.47 bits per heavy atom. The fourth-order valence-electron chi connectivity index (χ4n) is 1.97. The maximum atomic E-state index is 8.93. The van der Waals surface area contributed by atoms with Gasteiger partial charge in [0.25, 0.3) is 0 Å². The summed E-state index contributed by atoms with van der Waals surface area (Å²) in [7, 11) is 1.75. The van der Waals surface area contributed by atoms with Crippen molar-refractivity contribution in [3.05, 3.63) is 0 Å². The van der Waals surface area contributed by atoms with Crippen molar-refractivity contribution in [3.63, 3.8) is 0 Å². The Morgan fingerprint density at radius 2 is 2.00 bits per heavy atom. The van der Waals surface area contributed by atoms with Crippen molar-refractivity contribution in [1.82, 2.24) is 4.90 Å². The van der Waals surface area contributed by atoms with Crippen molar-refractivity contribution in [2.45, 2.75) is 53.0 Å². The van der Waals surface area contributed by atoms with Gasteiger partial charge in [0.15, 0.2) is 0 Å². The Bertz CT molecular complexity index is 233. The normalized spacial score (nSPS) is 13.7. The Morgan fingerprint density at radius 1 is 1.35 bits per heavy atom. The third-order valence-corrected chi connectivity index (χ3v) is 3.24. The van der Waals surface area contributed by atoms with Crippen LogP contribution in [0.2, 0.25) is 0 Å². The van der Waals surface area contributed by atoms with Crippen molar-refractivity contribution >= 4 is 0 Å². The van der Waals surface area contributed by atoms with E-state index >= 15 is 0 Å². The zero-order valence-electron chi connectivity index (χ0n) is 12.1. The summed E-state index contributed by atoms with van der Waals surface area (Å²) >= 11 is 0. The zero-order chi connectivity index (χ0) is 13.3. The molecule has 0 aliphatic heterocycles. The largest absolute Gasteiger partial charge is 0.383 e. The first kappa shape index (κ1) is 16.4. The molecule has 0 aliphatic carbocycles. The molecule has 0 rings (SSSR count). The third kappa shape index (κ3) is 7.36. The number of rotatable bonds is 9. The predicted octanol–water partition coefficient (Wildman–Crippen LogP) is 3.06. The van der Waals surface area contributed by atoms with Crippen molar-refractivity contribution in [1.29, 1.82) is 5.26 Å². The molecule has 1 atom stereocenters. The van der Waals surface area contributed by atoms with Gasteiger partial charge in [0.2, 0.25) is 0 Å². The average Bonchev–Trinajstić information content (AvgIpc) is 2.29. The van der Waals surface area contributed by atoms with Crippen molar-refractivity contribution < 1.29 is 4.74 Å². The van der Waals surface area contributed by atoms with Crippen LogP contribution in [0.15, 0.2) is 0 Å². The number of methoxy groups -OCH3 is 1. The van der Waals surface area contributed by atoms with Crippen LogP contribution in [0.25, 0.3) is 0 Å². The summed E-state index contributed by atoms with van der Waals surface area (Å²) in [5.41, 5.74) is -0.171. The van der Waals surface area contributed by atoms with Gasteiger partial charge in [-0.15, -0.1) is 0 Å². The summed E-state index contributed by atoms with van der Waals surface area (Å²) in [4.78, 5) is 2.43. The average molecular weight is 240 g/mol. The fraction of sp³-hybridized carbons (Fsp3) is 0.929.